The average molecular weight is 397 g/mol. The Labute approximate surface area is 172 Å². The number of fused-ring (bicyclic) bond motifs is 2. The quantitative estimate of drug-likeness (QED) is 0.441. The maximum absolute atomic E-state index is 12.7. The third-order valence-corrected chi connectivity index (χ3v) is 5.09. The fourth-order valence-electron chi connectivity index (χ4n) is 3.53. The maximum Gasteiger partial charge on any atom is 0.251 e. The van der Waals surface area contributed by atoms with Crippen LogP contribution in [0.4, 0.5) is 0 Å². The highest BCUT2D eigenvalue weighted by Gasteiger charge is 2.13. The van der Waals surface area contributed by atoms with E-state index in [4.69, 9.17) is 9.15 Å². The molecule has 5 rings (SSSR count). The molecular formula is C24H19N3O3. The van der Waals surface area contributed by atoms with Crippen molar-refractivity contribution in [1.29, 1.82) is 0 Å². The van der Waals surface area contributed by atoms with Gasteiger partial charge >= 0.3 is 0 Å². The molecule has 0 atom stereocenters. The largest absolute Gasteiger partial charge is 0.497 e. The first kappa shape index (κ1) is 18.0. The van der Waals surface area contributed by atoms with Crippen LogP contribution in [-0.2, 0) is 6.54 Å². The molecule has 0 saturated carbocycles. The summed E-state index contributed by atoms with van der Waals surface area (Å²) in [4.78, 5) is 20.4. The van der Waals surface area contributed by atoms with Crippen LogP contribution in [0.25, 0.3) is 33.5 Å². The number of oxazole rings is 1. The lowest BCUT2D eigenvalue weighted by Crippen LogP contribution is -2.22. The molecule has 5 aromatic rings. The van der Waals surface area contributed by atoms with E-state index in [9.17, 15) is 4.79 Å². The Bertz CT molecular complexity index is 1370. The fraction of sp³-hybridized carbons (Fsp3) is 0.0833. The van der Waals surface area contributed by atoms with E-state index in [2.05, 4.69) is 15.3 Å². The Kier molecular flexibility index (Phi) is 4.44. The molecule has 3 aromatic carbocycles. The highest BCUT2D eigenvalue weighted by molar-refractivity contribution is 5.97. The molecule has 0 unspecified atom stereocenters. The highest BCUT2D eigenvalue weighted by atomic mass is 16.5. The zero-order valence-corrected chi connectivity index (χ0v) is 16.3. The lowest BCUT2D eigenvalue weighted by molar-refractivity contribution is 0.0951. The number of aromatic amines is 1. The van der Waals surface area contributed by atoms with E-state index in [1.54, 1.807) is 25.3 Å². The molecule has 30 heavy (non-hydrogen) atoms. The van der Waals surface area contributed by atoms with E-state index >= 15 is 0 Å². The molecule has 0 aliphatic rings. The lowest BCUT2D eigenvalue weighted by Gasteiger charge is -2.06. The van der Waals surface area contributed by atoms with Crippen LogP contribution in [0.2, 0.25) is 0 Å². The number of hydrogen-bond acceptors (Lipinski definition) is 4. The number of methoxy groups -OCH3 is 1. The standard InChI is InChI=1S/C24H19N3O3/c1-29-18-6-2-4-16(12-18)24-27-21-9-8-15(13-22(21)30-24)23(28)26-14-17-5-3-7-20-19(17)10-11-25-20/h2-13,25H,14H2,1H3,(H,26,28). The number of carbonyl (C=O) groups is 1. The fourth-order valence-corrected chi connectivity index (χ4v) is 3.53. The van der Waals surface area contributed by atoms with Crippen molar-refractivity contribution in [3.63, 3.8) is 0 Å². The monoisotopic (exact) mass is 397 g/mol. The van der Waals surface area contributed by atoms with Crippen molar-refractivity contribution in [1.82, 2.24) is 15.3 Å². The summed E-state index contributed by atoms with van der Waals surface area (Å²) in [5.74, 6) is 1.05. The molecule has 6 nitrogen and oxygen atoms in total. The minimum Gasteiger partial charge on any atom is -0.497 e. The first-order valence-electron chi connectivity index (χ1n) is 9.59. The van der Waals surface area contributed by atoms with Crippen LogP contribution in [0.15, 0.2) is 77.3 Å². The van der Waals surface area contributed by atoms with Crippen molar-refractivity contribution in [3.05, 3.63) is 84.1 Å². The predicted molar refractivity (Wildman–Crippen MR) is 115 cm³/mol. The number of rotatable bonds is 5. The second-order valence-corrected chi connectivity index (χ2v) is 6.97. The summed E-state index contributed by atoms with van der Waals surface area (Å²) in [5, 5.41) is 4.09. The number of carbonyl (C=O) groups excluding carboxylic acids is 1. The first-order chi connectivity index (χ1) is 14.7. The van der Waals surface area contributed by atoms with Crippen molar-refractivity contribution < 1.29 is 13.9 Å². The van der Waals surface area contributed by atoms with Gasteiger partial charge in [-0.3, -0.25) is 4.79 Å². The van der Waals surface area contributed by atoms with E-state index in [0.29, 0.717) is 29.1 Å². The Balaban J connectivity index is 1.38. The van der Waals surface area contributed by atoms with Gasteiger partial charge in [-0.1, -0.05) is 18.2 Å². The van der Waals surface area contributed by atoms with Gasteiger partial charge < -0.3 is 19.5 Å². The molecule has 0 aliphatic carbocycles. The second kappa shape index (κ2) is 7.40. The Morgan fingerprint density at radius 3 is 2.90 bits per heavy atom. The number of nitrogens with zero attached hydrogens (tertiary/aromatic N) is 1. The summed E-state index contributed by atoms with van der Waals surface area (Å²) in [5.41, 5.74) is 4.71. The van der Waals surface area contributed by atoms with Gasteiger partial charge in [0.1, 0.15) is 11.3 Å². The minimum atomic E-state index is -0.163. The van der Waals surface area contributed by atoms with Crippen LogP contribution in [0.1, 0.15) is 15.9 Å². The van der Waals surface area contributed by atoms with Gasteiger partial charge in [-0.15, -0.1) is 0 Å². The molecule has 2 aromatic heterocycles. The number of hydrogen-bond donors (Lipinski definition) is 2. The normalized spacial score (nSPS) is 11.1. The average Bonchev–Trinajstić information content (AvgIpc) is 3.44. The van der Waals surface area contributed by atoms with Crippen LogP contribution in [0.3, 0.4) is 0 Å². The summed E-state index contributed by atoms with van der Waals surface area (Å²) in [6.45, 7) is 0.442. The summed E-state index contributed by atoms with van der Waals surface area (Å²) < 4.78 is 11.2. The number of amides is 1. The number of ether oxygens (including phenoxy) is 1. The molecule has 0 spiro atoms. The zero-order chi connectivity index (χ0) is 20.5. The van der Waals surface area contributed by atoms with Gasteiger partial charge in [0.2, 0.25) is 5.89 Å². The predicted octanol–water partition coefficient (Wildman–Crippen LogP) is 4.91. The Morgan fingerprint density at radius 2 is 2.00 bits per heavy atom. The highest BCUT2D eigenvalue weighted by Crippen LogP contribution is 2.27. The SMILES string of the molecule is COc1cccc(-c2nc3ccc(C(=O)NCc4cccc5[nH]ccc45)cc3o2)c1. The molecular weight excluding hydrogens is 378 g/mol. The van der Waals surface area contributed by atoms with E-state index in [-0.39, 0.29) is 5.91 Å². The van der Waals surface area contributed by atoms with Crippen molar-refractivity contribution in [2.45, 2.75) is 6.54 Å². The second-order valence-electron chi connectivity index (χ2n) is 6.97. The van der Waals surface area contributed by atoms with Gasteiger partial charge in [-0.2, -0.15) is 0 Å². The summed E-state index contributed by atoms with van der Waals surface area (Å²) in [6.07, 6.45) is 1.90. The molecule has 6 heteroatoms. The zero-order valence-electron chi connectivity index (χ0n) is 16.3. The number of nitrogens with one attached hydrogen (secondary N) is 2. The molecule has 0 saturated heterocycles. The van der Waals surface area contributed by atoms with Crippen molar-refractivity contribution in [2.75, 3.05) is 7.11 Å². The van der Waals surface area contributed by atoms with E-state index in [1.807, 2.05) is 54.7 Å². The molecule has 0 radical (unpaired) electrons. The van der Waals surface area contributed by atoms with Crippen LogP contribution in [-0.4, -0.2) is 23.0 Å². The summed E-state index contributed by atoms with van der Waals surface area (Å²) >= 11 is 0. The summed E-state index contributed by atoms with van der Waals surface area (Å²) in [6, 6.07) is 20.8. The van der Waals surface area contributed by atoms with Gasteiger partial charge in [0.15, 0.2) is 5.58 Å². The maximum atomic E-state index is 12.7. The summed E-state index contributed by atoms with van der Waals surface area (Å²) in [7, 11) is 1.62. The van der Waals surface area contributed by atoms with Gasteiger partial charge in [-0.25, -0.2) is 4.98 Å². The minimum absolute atomic E-state index is 0.163. The Hall–Kier alpha value is -4.06. The third-order valence-electron chi connectivity index (χ3n) is 5.09. The topological polar surface area (TPSA) is 80.1 Å². The van der Waals surface area contributed by atoms with Crippen LogP contribution < -0.4 is 10.1 Å². The number of aromatic nitrogens is 2. The van der Waals surface area contributed by atoms with Crippen molar-refractivity contribution in [2.24, 2.45) is 0 Å². The van der Waals surface area contributed by atoms with Gasteiger partial charge in [0, 0.05) is 34.8 Å². The molecule has 0 bridgehead atoms. The van der Waals surface area contributed by atoms with Crippen LogP contribution in [0, 0.1) is 0 Å². The third kappa shape index (κ3) is 3.28. The number of benzene rings is 3. The molecule has 1 amide bonds. The number of H-pyrrole nitrogens is 1. The van der Waals surface area contributed by atoms with Gasteiger partial charge in [-0.05, 0) is 54.1 Å². The van der Waals surface area contributed by atoms with Gasteiger partial charge in [0.05, 0.1) is 7.11 Å². The van der Waals surface area contributed by atoms with Crippen molar-refractivity contribution in [3.8, 4) is 17.2 Å². The lowest BCUT2D eigenvalue weighted by atomic mass is 10.1. The van der Waals surface area contributed by atoms with Crippen molar-refractivity contribution >= 4 is 27.9 Å². The van der Waals surface area contributed by atoms with E-state index < -0.39 is 0 Å². The molecule has 0 aliphatic heterocycles. The van der Waals surface area contributed by atoms with Crippen LogP contribution in [0.5, 0.6) is 5.75 Å². The van der Waals surface area contributed by atoms with Gasteiger partial charge in [0.25, 0.3) is 5.91 Å². The first-order valence-corrected chi connectivity index (χ1v) is 9.59. The Morgan fingerprint density at radius 1 is 1.10 bits per heavy atom. The molecule has 2 N–H and O–H groups in total. The van der Waals surface area contributed by atoms with E-state index in [0.717, 1.165) is 27.8 Å². The molecule has 2 heterocycles. The molecule has 0 fully saturated rings. The van der Waals surface area contributed by atoms with E-state index in [1.165, 1.54) is 0 Å². The smallest absolute Gasteiger partial charge is 0.251 e. The van der Waals surface area contributed by atoms with Crippen LogP contribution >= 0.6 is 0 Å². The molecule has 148 valence electrons.